The molecule has 0 unspecified atom stereocenters. The SMILES string of the molecule is COc1c(C)c(C)c(OC)c(Cc2ccc3oc(C(=O)N4CCSCC4)cc3c2)c1C. The summed E-state index contributed by atoms with van der Waals surface area (Å²) < 4.78 is 17.3. The first kappa shape index (κ1) is 21.6. The first-order chi connectivity index (χ1) is 14.9. The molecule has 2 heterocycles. The van der Waals surface area contributed by atoms with Gasteiger partial charge in [-0.1, -0.05) is 6.07 Å². The van der Waals surface area contributed by atoms with Crippen LogP contribution >= 0.6 is 11.8 Å². The molecule has 5 nitrogen and oxygen atoms in total. The number of methoxy groups -OCH3 is 2. The molecule has 2 aromatic carbocycles. The largest absolute Gasteiger partial charge is 0.496 e. The van der Waals surface area contributed by atoms with Crippen molar-refractivity contribution in [1.82, 2.24) is 4.90 Å². The van der Waals surface area contributed by atoms with E-state index in [1.165, 1.54) is 0 Å². The quantitative estimate of drug-likeness (QED) is 0.550. The van der Waals surface area contributed by atoms with Crippen molar-refractivity contribution in [2.45, 2.75) is 27.2 Å². The van der Waals surface area contributed by atoms with Crippen LogP contribution in [-0.2, 0) is 6.42 Å². The van der Waals surface area contributed by atoms with Crippen LogP contribution in [0.5, 0.6) is 11.5 Å². The zero-order valence-corrected chi connectivity index (χ0v) is 19.6. The molecule has 0 atom stereocenters. The van der Waals surface area contributed by atoms with Crippen molar-refractivity contribution in [2.75, 3.05) is 38.8 Å². The molecule has 1 amide bonds. The minimum absolute atomic E-state index is 0.0190. The fourth-order valence-electron chi connectivity index (χ4n) is 4.39. The van der Waals surface area contributed by atoms with Crippen molar-refractivity contribution in [3.8, 4) is 11.5 Å². The van der Waals surface area contributed by atoms with Gasteiger partial charge in [0.2, 0.25) is 0 Å². The van der Waals surface area contributed by atoms with Crippen LogP contribution in [0.3, 0.4) is 0 Å². The summed E-state index contributed by atoms with van der Waals surface area (Å²) in [6.45, 7) is 7.76. The molecule has 1 saturated heterocycles. The van der Waals surface area contributed by atoms with E-state index in [-0.39, 0.29) is 5.91 Å². The molecule has 1 aliphatic heterocycles. The van der Waals surface area contributed by atoms with Gasteiger partial charge in [0.1, 0.15) is 17.1 Å². The molecule has 0 N–H and O–H groups in total. The van der Waals surface area contributed by atoms with Gasteiger partial charge in [-0.3, -0.25) is 4.79 Å². The van der Waals surface area contributed by atoms with Crippen molar-refractivity contribution in [3.63, 3.8) is 0 Å². The molecule has 1 aliphatic rings. The zero-order chi connectivity index (χ0) is 22.1. The molecule has 164 valence electrons. The number of fused-ring (bicyclic) bond motifs is 1. The average molecular weight is 440 g/mol. The highest BCUT2D eigenvalue weighted by molar-refractivity contribution is 7.99. The lowest BCUT2D eigenvalue weighted by atomic mass is 9.92. The van der Waals surface area contributed by atoms with Gasteiger partial charge in [0.25, 0.3) is 5.91 Å². The summed E-state index contributed by atoms with van der Waals surface area (Å²) in [6, 6.07) is 7.97. The molecule has 1 fully saturated rings. The topological polar surface area (TPSA) is 51.9 Å². The van der Waals surface area contributed by atoms with E-state index < -0.39 is 0 Å². The zero-order valence-electron chi connectivity index (χ0n) is 18.8. The third-order valence-corrected chi connectivity index (χ3v) is 7.13. The summed E-state index contributed by atoms with van der Waals surface area (Å²) in [7, 11) is 3.43. The van der Waals surface area contributed by atoms with Gasteiger partial charge in [0, 0.05) is 42.0 Å². The minimum atomic E-state index is -0.0190. The smallest absolute Gasteiger partial charge is 0.289 e. The molecule has 4 rings (SSSR count). The molecule has 0 bridgehead atoms. The summed E-state index contributed by atoms with van der Waals surface area (Å²) in [4.78, 5) is 14.7. The van der Waals surface area contributed by atoms with E-state index in [1.807, 2.05) is 28.8 Å². The van der Waals surface area contributed by atoms with Crippen molar-refractivity contribution in [1.29, 1.82) is 0 Å². The lowest BCUT2D eigenvalue weighted by Gasteiger charge is -2.25. The van der Waals surface area contributed by atoms with E-state index in [4.69, 9.17) is 13.9 Å². The third kappa shape index (κ3) is 4.01. The van der Waals surface area contributed by atoms with Gasteiger partial charge in [-0.05, 0) is 61.2 Å². The highest BCUT2D eigenvalue weighted by atomic mass is 32.2. The Morgan fingerprint density at radius 3 is 2.35 bits per heavy atom. The van der Waals surface area contributed by atoms with Gasteiger partial charge in [-0.2, -0.15) is 11.8 Å². The van der Waals surface area contributed by atoms with E-state index in [9.17, 15) is 4.79 Å². The fraction of sp³-hybridized carbons (Fsp3) is 0.400. The first-order valence-corrected chi connectivity index (χ1v) is 11.7. The molecule has 0 saturated carbocycles. The Balaban J connectivity index is 1.67. The van der Waals surface area contributed by atoms with E-state index in [0.717, 1.165) is 74.9 Å². The number of hydrogen-bond donors (Lipinski definition) is 0. The monoisotopic (exact) mass is 439 g/mol. The van der Waals surface area contributed by atoms with Crippen LogP contribution in [0.15, 0.2) is 28.7 Å². The Morgan fingerprint density at radius 1 is 1.00 bits per heavy atom. The number of carbonyl (C=O) groups excluding carboxylic acids is 1. The van der Waals surface area contributed by atoms with Gasteiger partial charge in [0.15, 0.2) is 5.76 Å². The maximum absolute atomic E-state index is 12.8. The second-order valence-corrected chi connectivity index (χ2v) is 9.21. The predicted octanol–water partition coefficient (Wildman–Crippen LogP) is 5.16. The van der Waals surface area contributed by atoms with E-state index in [2.05, 4.69) is 32.9 Å². The molecule has 0 spiro atoms. The summed E-state index contributed by atoms with van der Waals surface area (Å²) in [6.07, 6.45) is 0.709. The van der Waals surface area contributed by atoms with Crippen LogP contribution in [-0.4, -0.2) is 49.6 Å². The number of carbonyl (C=O) groups is 1. The number of amides is 1. The number of nitrogens with zero attached hydrogens (tertiary/aromatic N) is 1. The molecule has 0 aliphatic carbocycles. The molecule has 31 heavy (non-hydrogen) atoms. The second-order valence-electron chi connectivity index (χ2n) is 7.98. The van der Waals surface area contributed by atoms with Gasteiger partial charge < -0.3 is 18.8 Å². The van der Waals surface area contributed by atoms with Gasteiger partial charge >= 0.3 is 0 Å². The number of thioether (sulfide) groups is 1. The average Bonchev–Trinajstić information content (AvgIpc) is 3.21. The third-order valence-electron chi connectivity index (χ3n) is 6.19. The minimum Gasteiger partial charge on any atom is -0.496 e. The van der Waals surface area contributed by atoms with Crippen LogP contribution in [0.4, 0.5) is 0 Å². The Labute approximate surface area is 187 Å². The maximum atomic E-state index is 12.8. The van der Waals surface area contributed by atoms with Crippen molar-refractivity contribution in [2.24, 2.45) is 0 Å². The summed E-state index contributed by atoms with van der Waals surface area (Å²) >= 11 is 1.88. The molecule has 1 aromatic heterocycles. The standard InChI is InChI=1S/C25H29NO4S/c1-15-16(2)24(29-5)20(17(3)23(15)28-4)13-18-6-7-21-19(12-18)14-22(30-21)25(27)26-8-10-31-11-9-26/h6-7,12,14H,8-11,13H2,1-5H3. The molecule has 3 aromatic rings. The second kappa shape index (κ2) is 8.87. The summed E-state index contributed by atoms with van der Waals surface area (Å²) in [5.74, 6) is 4.18. The van der Waals surface area contributed by atoms with E-state index in [0.29, 0.717) is 12.2 Å². The lowest BCUT2D eigenvalue weighted by molar-refractivity contribution is 0.0743. The van der Waals surface area contributed by atoms with Crippen LogP contribution in [0.2, 0.25) is 0 Å². The van der Waals surface area contributed by atoms with Crippen LogP contribution < -0.4 is 9.47 Å². The molecular weight excluding hydrogens is 410 g/mol. The molecular formula is C25H29NO4S. The van der Waals surface area contributed by atoms with Gasteiger partial charge in [0.05, 0.1) is 14.2 Å². The van der Waals surface area contributed by atoms with Crippen molar-refractivity contribution < 1.29 is 18.7 Å². The van der Waals surface area contributed by atoms with E-state index in [1.54, 1.807) is 14.2 Å². The number of ether oxygens (including phenoxy) is 2. The Bertz CT molecular complexity index is 1130. The normalized spacial score (nSPS) is 14.2. The predicted molar refractivity (Wildman–Crippen MR) is 126 cm³/mol. The van der Waals surface area contributed by atoms with E-state index >= 15 is 0 Å². The number of benzene rings is 2. The first-order valence-electron chi connectivity index (χ1n) is 10.5. The number of rotatable bonds is 5. The lowest BCUT2D eigenvalue weighted by Crippen LogP contribution is -2.37. The Hall–Kier alpha value is -2.60. The summed E-state index contributed by atoms with van der Waals surface area (Å²) in [5.41, 5.74) is 6.27. The maximum Gasteiger partial charge on any atom is 0.289 e. The van der Waals surface area contributed by atoms with Crippen molar-refractivity contribution >= 4 is 28.6 Å². The van der Waals surface area contributed by atoms with Crippen molar-refractivity contribution in [3.05, 3.63) is 57.8 Å². The van der Waals surface area contributed by atoms with Gasteiger partial charge in [-0.15, -0.1) is 0 Å². The Kier molecular flexibility index (Phi) is 6.19. The number of hydrogen-bond acceptors (Lipinski definition) is 5. The fourth-order valence-corrected chi connectivity index (χ4v) is 5.29. The Morgan fingerprint density at radius 2 is 1.68 bits per heavy atom. The van der Waals surface area contributed by atoms with Crippen LogP contribution in [0.1, 0.15) is 38.4 Å². The number of furan rings is 1. The highest BCUT2D eigenvalue weighted by Crippen LogP contribution is 2.39. The summed E-state index contributed by atoms with van der Waals surface area (Å²) in [5, 5.41) is 0.944. The highest BCUT2D eigenvalue weighted by Gasteiger charge is 2.22. The van der Waals surface area contributed by atoms with Crippen LogP contribution in [0.25, 0.3) is 11.0 Å². The van der Waals surface area contributed by atoms with Gasteiger partial charge in [-0.25, -0.2) is 0 Å². The van der Waals surface area contributed by atoms with Crippen LogP contribution in [0, 0.1) is 20.8 Å². The molecule has 6 heteroatoms. The molecule has 0 radical (unpaired) electrons.